The number of pyridine rings is 1. The van der Waals surface area contributed by atoms with Crippen LogP contribution in [0.3, 0.4) is 0 Å². The number of nitrogen functional groups attached to an aromatic ring is 1. The van der Waals surface area contributed by atoms with Crippen LogP contribution in [0.2, 0.25) is 0 Å². The van der Waals surface area contributed by atoms with Gasteiger partial charge in [-0.25, -0.2) is 0 Å². The van der Waals surface area contributed by atoms with E-state index in [0.717, 1.165) is 22.0 Å². The lowest BCUT2D eigenvalue weighted by Crippen LogP contribution is -1.90. The molecule has 0 aliphatic carbocycles. The molecule has 0 aliphatic rings. The van der Waals surface area contributed by atoms with Crippen molar-refractivity contribution >= 4 is 66.8 Å². The third-order valence-electron chi connectivity index (χ3n) is 8.66. The van der Waals surface area contributed by atoms with Crippen molar-refractivity contribution in [2.24, 2.45) is 0 Å². The van der Waals surface area contributed by atoms with Gasteiger partial charge in [-0.3, -0.25) is 4.98 Å². The number of nitrogens with zero attached hydrogens (tertiary/aromatic N) is 1. The molecule has 536 valence electrons. The van der Waals surface area contributed by atoms with Crippen molar-refractivity contribution in [3.05, 3.63) is 278 Å². The summed E-state index contributed by atoms with van der Waals surface area (Å²) < 4.78 is 9.70. The first-order valence-corrected chi connectivity index (χ1v) is 37.1. The summed E-state index contributed by atoms with van der Waals surface area (Å²) in [4.78, 5) is 7.30. The van der Waals surface area contributed by atoms with E-state index in [1.165, 1.54) is 33.3 Å². The van der Waals surface area contributed by atoms with Crippen LogP contribution in [-0.4, -0.2) is 16.2 Å². The highest BCUT2D eigenvalue weighted by Gasteiger charge is 1.91. The average molecular weight is 1320 g/mol. The monoisotopic (exact) mass is 1320 g/mol. The largest absolute Gasteiger partial charge is 0.473 e. The maximum Gasteiger partial charge on any atom is 0.133 e. The molecule has 7 aromatic carbocycles. The third kappa shape index (κ3) is 73.0. The number of aromatic nitrogens is 2. The van der Waals surface area contributed by atoms with Crippen LogP contribution >= 0.6 is 11.3 Å². The van der Waals surface area contributed by atoms with Gasteiger partial charge in [0.15, 0.2) is 0 Å². The number of nitrogens with one attached hydrogen (secondary N) is 2. The second-order valence-electron chi connectivity index (χ2n) is 13.1. The Morgan fingerprint density at radius 3 is 1.01 bits per heavy atom. The minimum Gasteiger partial charge on any atom is -0.473 e. The summed E-state index contributed by atoms with van der Waals surface area (Å²) in [5.74, 6) is 0. The highest BCUT2D eigenvalue weighted by molar-refractivity contribution is 7.07. The van der Waals surface area contributed by atoms with E-state index in [9.17, 15) is 0 Å². The van der Waals surface area contributed by atoms with Gasteiger partial charge in [-0.15, -0.1) is 0 Å². The van der Waals surface area contributed by atoms with E-state index in [-0.39, 0.29) is 0 Å². The molecule has 0 saturated carbocycles. The van der Waals surface area contributed by atoms with Crippen molar-refractivity contribution in [3.63, 3.8) is 0 Å². The number of anilines is 1. The molecule has 12 aromatic rings. The first-order valence-electron chi connectivity index (χ1n) is 36.2. The van der Waals surface area contributed by atoms with Gasteiger partial charge in [0.25, 0.3) is 0 Å². The minimum atomic E-state index is 0.660. The van der Waals surface area contributed by atoms with Crippen LogP contribution in [0.15, 0.2) is 281 Å². The lowest BCUT2D eigenvalue weighted by Gasteiger charge is -1.94. The standard InChI is InChI=1S/C10H8.C9H7N.C8H7N.C8H6O.C7H8N2.C6H6.C4H4O.C4H4S.16C2H6/c1-2-6-10-8-4-3-7-9(10)5-1;1-2-6-9-8(4-1)5-3-7-10-9;2*1-2-4-8-7(3-1)5-6-9-8;8-5-6-3-1-2-4-7(6)9;1-2-4-6-5-3-1;2*1-2-4-5-3-1;16*1-2/h1-8H;1-7H;1-6,9H;1-6H;1-5,8H,9H2;1-6H;2*1-4H;16*1-2H3. The summed E-state index contributed by atoms with van der Waals surface area (Å²) in [6, 6.07) is 76.0. The zero-order chi connectivity index (χ0) is 75.8. The summed E-state index contributed by atoms with van der Waals surface area (Å²) in [5, 5.41) is 17.2. The molecule has 5 heterocycles. The minimum absolute atomic E-state index is 0.660. The van der Waals surface area contributed by atoms with Gasteiger partial charge in [-0.1, -0.05) is 397 Å². The van der Waals surface area contributed by atoms with Gasteiger partial charge < -0.3 is 25.0 Å². The van der Waals surface area contributed by atoms with Crippen LogP contribution in [0, 0.1) is 5.41 Å². The lowest BCUT2D eigenvalue weighted by atomic mass is 10.1. The van der Waals surface area contributed by atoms with Gasteiger partial charge in [-0.2, -0.15) is 11.3 Å². The number of hydrogen-bond acceptors (Lipinski definition) is 6. The van der Waals surface area contributed by atoms with Crippen LogP contribution < -0.4 is 5.73 Å². The van der Waals surface area contributed by atoms with Gasteiger partial charge in [0.1, 0.15) is 5.58 Å². The fourth-order valence-electron chi connectivity index (χ4n) is 5.53. The highest BCUT2D eigenvalue weighted by atomic mass is 32.1. The SMILES string of the molecule is CC.CC.CC.CC.CC.CC.CC.CC.CC.CC.CC.CC.CC.CC.CC.CC.N=Cc1ccccc1N.c1ccc2[nH]ccc2c1.c1ccc2ccccc2c1.c1ccc2ncccc2c1.c1ccc2occc2c1.c1ccccc1.c1ccoc1.c1ccsc1. The van der Waals surface area contributed by atoms with E-state index < -0.39 is 0 Å². The van der Waals surface area contributed by atoms with E-state index in [0.29, 0.717) is 5.69 Å². The quantitative estimate of drug-likeness (QED) is 0.112. The molecule has 6 nitrogen and oxygen atoms in total. The molecular formula is C88H146N4O2S. The number of fused-ring (bicyclic) bond motifs is 4. The van der Waals surface area contributed by atoms with Gasteiger partial charge in [0.2, 0.25) is 0 Å². The third-order valence-corrected chi connectivity index (χ3v) is 9.29. The molecule has 0 spiro atoms. The summed E-state index contributed by atoms with van der Waals surface area (Å²) in [7, 11) is 0. The van der Waals surface area contributed by atoms with Gasteiger partial charge in [-0.05, 0) is 81.5 Å². The van der Waals surface area contributed by atoms with E-state index in [2.05, 4.69) is 93.2 Å². The van der Waals surface area contributed by atoms with Crippen molar-refractivity contribution in [3.8, 4) is 0 Å². The second-order valence-corrected chi connectivity index (χ2v) is 13.9. The summed E-state index contributed by atoms with van der Waals surface area (Å²) in [5.41, 5.74) is 10.1. The van der Waals surface area contributed by atoms with Crippen molar-refractivity contribution < 1.29 is 8.83 Å². The summed E-state index contributed by atoms with van der Waals surface area (Å²) >= 11 is 1.71. The Morgan fingerprint density at radius 1 is 0.326 bits per heavy atom. The Kier molecular flexibility index (Phi) is 140. The molecule has 0 radical (unpaired) electrons. The molecule has 0 unspecified atom stereocenters. The zero-order valence-corrected chi connectivity index (χ0v) is 67.6. The first kappa shape index (κ1) is 114. The van der Waals surface area contributed by atoms with Crippen molar-refractivity contribution in [1.29, 1.82) is 5.41 Å². The molecule has 0 amide bonds. The molecule has 0 fully saturated rings. The highest BCUT2D eigenvalue weighted by Crippen LogP contribution is 2.14. The molecule has 0 saturated heterocycles. The van der Waals surface area contributed by atoms with Crippen molar-refractivity contribution in [2.75, 3.05) is 5.73 Å². The first-order chi connectivity index (χ1) is 47.2. The number of furan rings is 2. The Bertz CT molecular complexity index is 2550. The van der Waals surface area contributed by atoms with E-state index in [4.69, 9.17) is 15.6 Å². The molecule has 95 heavy (non-hydrogen) atoms. The fourth-order valence-corrected chi connectivity index (χ4v) is 5.98. The van der Waals surface area contributed by atoms with Crippen LogP contribution in [-0.2, 0) is 0 Å². The Hall–Kier alpha value is -8.26. The zero-order valence-electron chi connectivity index (χ0n) is 66.8. The Labute approximate surface area is 592 Å². The van der Waals surface area contributed by atoms with E-state index in [1.54, 1.807) is 36.2 Å². The van der Waals surface area contributed by atoms with E-state index >= 15 is 0 Å². The molecule has 0 aliphatic heterocycles. The van der Waals surface area contributed by atoms with Crippen LogP contribution in [0.25, 0.3) is 43.5 Å². The molecule has 7 heteroatoms. The maximum absolute atomic E-state index is 6.88. The Balaban J connectivity index is -0.0000000786. The number of rotatable bonds is 1. The normalized spacial score (nSPS) is 7.24. The lowest BCUT2D eigenvalue weighted by molar-refractivity contribution is 0.567. The number of nitrogens with two attached hydrogens (primary N) is 1. The topological polar surface area (TPSA) is 105 Å². The second kappa shape index (κ2) is 116. The van der Waals surface area contributed by atoms with Crippen molar-refractivity contribution in [1.82, 2.24) is 9.97 Å². The predicted octanol–water partition coefficient (Wildman–Crippen LogP) is 32.1. The van der Waals surface area contributed by atoms with E-state index in [1.807, 2.05) is 390 Å². The van der Waals surface area contributed by atoms with Gasteiger partial charge >= 0.3 is 0 Å². The number of benzene rings is 7. The number of para-hydroxylation sites is 4. The molecule has 5 aromatic heterocycles. The van der Waals surface area contributed by atoms with Crippen molar-refractivity contribution in [2.45, 2.75) is 222 Å². The average Bonchev–Trinajstić information content (AvgIpc) is 2.36. The molecular weight excluding hydrogens is 1180 g/mol. The number of aromatic amines is 1. The molecule has 0 bridgehead atoms. The number of hydrogen-bond donors (Lipinski definition) is 3. The Morgan fingerprint density at radius 2 is 0.674 bits per heavy atom. The van der Waals surface area contributed by atoms with Gasteiger partial charge in [0, 0.05) is 46.1 Å². The smallest absolute Gasteiger partial charge is 0.133 e. The van der Waals surface area contributed by atoms with Crippen LogP contribution in [0.1, 0.15) is 227 Å². The molecule has 4 N–H and O–H groups in total. The number of thiophene rings is 1. The molecule has 0 atom stereocenters. The molecule has 12 rings (SSSR count). The maximum atomic E-state index is 6.88. The summed E-state index contributed by atoms with van der Waals surface area (Å²) in [6.07, 6.45) is 9.95. The predicted molar refractivity (Wildman–Crippen MR) is 450 cm³/mol. The fraction of sp³-hybridized carbons (Fsp3) is 0.364. The van der Waals surface area contributed by atoms with Crippen LogP contribution in [0.4, 0.5) is 5.69 Å². The van der Waals surface area contributed by atoms with Gasteiger partial charge in [0.05, 0.1) is 24.3 Å². The number of H-pyrrole nitrogens is 1. The summed E-state index contributed by atoms with van der Waals surface area (Å²) in [6.45, 7) is 64.0. The van der Waals surface area contributed by atoms with Crippen LogP contribution in [0.5, 0.6) is 0 Å².